The molecule has 0 aromatic carbocycles. The van der Waals surface area contributed by atoms with E-state index < -0.39 is 28.2 Å². The van der Waals surface area contributed by atoms with Gasteiger partial charge in [0.25, 0.3) is 0 Å². The number of carbonyl (C=O) groups is 3. The van der Waals surface area contributed by atoms with Crippen molar-refractivity contribution < 1.29 is 29.0 Å². The maximum atomic E-state index is 15.0. The van der Waals surface area contributed by atoms with Crippen LogP contribution in [0.1, 0.15) is 159 Å². The topological polar surface area (TPSA) is 89.9 Å². The third-order valence-electron chi connectivity index (χ3n) is 13.9. The first-order valence-corrected chi connectivity index (χ1v) is 20.7. The molecule has 6 nitrogen and oxygen atoms in total. The minimum absolute atomic E-state index is 0.0385. The zero-order valence-electron chi connectivity index (χ0n) is 33.9. The van der Waals surface area contributed by atoms with E-state index in [1.807, 2.05) is 6.92 Å². The quantitative estimate of drug-likeness (QED) is 0.0991. The van der Waals surface area contributed by atoms with Gasteiger partial charge in [0.2, 0.25) is 5.78 Å². The van der Waals surface area contributed by atoms with Gasteiger partial charge in [-0.3, -0.25) is 9.59 Å². The molecule has 4 aliphatic carbocycles. The van der Waals surface area contributed by atoms with E-state index in [9.17, 15) is 19.5 Å². The maximum Gasteiger partial charge on any atom is 0.346 e. The second-order valence-corrected chi connectivity index (χ2v) is 17.9. The molecule has 1 N–H and O–H groups in total. The van der Waals surface area contributed by atoms with Gasteiger partial charge in [0.1, 0.15) is 17.4 Å². The number of hydrogen-bond acceptors (Lipinski definition) is 6. The Morgan fingerprint density at radius 2 is 1.56 bits per heavy atom. The van der Waals surface area contributed by atoms with E-state index in [-0.39, 0.29) is 53.0 Å². The Morgan fingerprint density at radius 1 is 0.904 bits per heavy atom. The van der Waals surface area contributed by atoms with Gasteiger partial charge in [0.05, 0.1) is 5.41 Å². The van der Waals surface area contributed by atoms with Crippen molar-refractivity contribution in [3.8, 4) is 0 Å². The Balaban J connectivity index is 1.49. The summed E-state index contributed by atoms with van der Waals surface area (Å²) in [5, 5.41) is 12.8. The van der Waals surface area contributed by atoms with Crippen LogP contribution < -0.4 is 0 Å². The summed E-state index contributed by atoms with van der Waals surface area (Å²) in [6, 6.07) is 0. The van der Waals surface area contributed by atoms with Gasteiger partial charge in [-0.15, -0.1) is 0 Å². The van der Waals surface area contributed by atoms with Crippen LogP contribution in [0.3, 0.4) is 0 Å². The average molecular weight is 717 g/mol. The van der Waals surface area contributed by atoms with Gasteiger partial charge in [-0.1, -0.05) is 126 Å². The number of ketones is 1. The normalized spacial score (nSPS) is 38.4. The summed E-state index contributed by atoms with van der Waals surface area (Å²) in [7, 11) is 0. The van der Waals surface area contributed by atoms with Crippen LogP contribution in [0.4, 0.5) is 0 Å². The predicted molar refractivity (Wildman–Crippen MR) is 208 cm³/mol. The Morgan fingerprint density at radius 3 is 2.23 bits per heavy atom. The molecule has 9 atom stereocenters. The fraction of sp³-hybridized carbons (Fsp3) is 0.717. The molecular weight excluding hydrogens is 649 g/mol. The van der Waals surface area contributed by atoms with Gasteiger partial charge in [0, 0.05) is 30.1 Å². The Labute approximate surface area is 314 Å². The van der Waals surface area contributed by atoms with Crippen molar-refractivity contribution in [3.05, 3.63) is 57.9 Å². The molecule has 5 aliphatic rings. The second kappa shape index (κ2) is 16.2. The summed E-state index contributed by atoms with van der Waals surface area (Å²) < 4.78 is 12.6. The molecule has 0 amide bonds. The molecule has 1 saturated carbocycles. The van der Waals surface area contributed by atoms with E-state index in [1.165, 1.54) is 44.1 Å². The van der Waals surface area contributed by atoms with E-state index in [2.05, 4.69) is 79.7 Å². The smallest absolute Gasteiger partial charge is 0.346 e. The number of ether oxygens (including phenoxy) is 2. The van der Waals surface area contributed by atoms with Crippen molar-refractivity contribution in [1.82, 2.24) is 0 Å². The van der Waals surface area contributed by atoms with Crippen molar-refractivity contribution in [3.63, 3.8) is 0 Å². The average Bonchev–Trinajstić information content (AvgIpc) is 3.32. The van der Waals surface area contributed by atoms with Crippen molar-refractivity contribution >= 4 is 17.7 Å². The number of Topliss-reactive ketones (excluding diaryl/α,β-unsaturated/α-hetero) is 1. The fourth-order valence-electron chi connectivity index (χ4n) is 11.2. The molecule has 1 aliphatic heterocycles. The minimum atomic E-state index is -1.43. The summed E-state index contributed by atoms with van der Waals surface area (Å²) in [5.41, 5.74) is 1.02. The first kappa shape index (κ1) is 40.3. The van der Waals surface area contributed by atoms with Gasteiger partial charge >= 0.3 is 11.9 Å². The van der Waals surface area contributed by atoms with Crippen molar-refractivity contribution in [2.24, 2.45) is 40.4 Å². The molecule has 1 saturated heterocycles. The van der Waals surface area contributed by atoms with Crippen LogP contribution >= 0.6 is 0 Å². The lowest BCUT2D eigenvalue weighted by Crippen LogP contribution is -2.54. The second-order valence-electron chi connectivity index (χ2n) is 17.9. The molecule has 288 valence electrons. The highest BCUT2D eigenvalue weighted by Crippen LogP contribution is 2.62. The number of allylic oxidation sites excluding steroid dienone is 6. The molecule has 1 spiro atoms. The largest absolute Gasteiger partial charge is 0.511 e. The van der Waals surface area contributed by atoms with Crippen LogP contribution in [0.2, 0.25) is 0 Å². The molecule has 52 heavy (non-hydrogen) atoms. The molecule has 0 aromatic heterocycles. The molecular formula is C46H68O6. The predicted octanol–water partition coefficient (Wildman–Crippen LogP) is 11.4. The molecule has 2 bridgehead atoms. The number of rotatable bonds is 11. The molecule has 1 heterocycles. The third-order valence-corrected chi connectivity index (χ3v) is 13.9. The SMILES string of the molecule is CCCCCCCCCCCC(=O)O[C@H]1CC[C@H](C)[C@@H]2[C@@H]1C=C(C)[C@H]1/C(C)=C/CC/C(C)=C/[C@]3(C)C=C(C)[C@H](C)C[C@]34OC(=O)C(=C(O)[C@@]21C)C4=O. The molecule has 0 unspecified atom stereocenters. The highest BCUT2D eigenvalue weighted by molar-refractivity contribution is 6.26. The van der Waals surface area contributed by atoms with Crippen LogP contribution in [-0.2, 0) is 23.9 Å². The van der Waals surface area contributed by atoms with E-state index in [1.54, 1.807) is 0 Å². The maximum absolute atomic E-state index is 15.0. The molecule has 0 radical (unpaired) electrons. The molecule has 2 fully saturated rings. The first-order valence-electron chi connectivity index (χ1n) is 20.7. The Hall–Kier alpha value is -2.89. The lowest BCUT2D eigenvalue weighted by molar-refractivity contribution is -0.162. The van der Waals surface area contributed by atoms with Crippen molar-refractivity contribution in [2.45, 2.75) is 170 Å². The summed E-state index contributed by atoms with van der Waals surface area (Å²) in [5.74, 6) is -1.81. The number of carbonyl (C=O) groups excluding carboxylic acids is 3. The standard InChI is InChI=1S/C46H68O6/c1-10-11-12-13-14-15-16-17-18-22-37(47)51-36-24-23-31(4)40-35(36)25-32(5)39-30(3)21-19-20-29(2)26-44(8)27-33(6)34(7)28-46(44)42(49)38(43(50)52-46)41(48)45(39,40)9/h21,25-27,31,34-36,39-40,48H,10-20,22-24,28H2,1-9H3/b29-26+,30-21+,41-38?/t31-,34+,35+,36-,39+,40+,44+,45+,46+/m0/s1. The Kier molecular flexibility index (Phi) is 12.6. The number of hydrogen-bond donors (Lipinski definition) is 1. The van der Waals surface area contributed by atoms with Crippen molar-refractivity contribution in [2.75, 3.05) is 0 Å². The van der Waals surface area contributed by atoms with Crippen LogP contribution in [-0.4, -0.2) is 34.5 Å². The molecule has 0 aromatic rings. The van der Waals surface area contributed by atoms with E-state index in [0.29, 0.717) is 12.8 Å². The Bertz CT molecular complexity index is 1540. The van der Waals surface area contributed by atoms with Crippen LogP contribution in [0.5, 0.6) is 0 Å². The van der Waals surface area contributed by atoms with Gasteiger partial charge in [-0.2, -0.15) is 0 Å². The number of aliphatic hydroxyl groups excluding tert-OH is 1. The molecule has 6 heteroatoms. The first-order chi connectivity index (χ1) is 24.6. The monoisotopic (exact) mass is 717 g/mol. The summed E-state index contributed by atoms with van der Waals surface area (Å²) >= 11 is 0. The van der Waals surface area contributed by atoms with Gasteiger partial charge in [-0.25, -0.2) is 4.79 Å². The van der Waals surface area contributed by atoms with Crippen LogP contribution in [0.25, 0.3) is 0 Å². The van der Waals surface area contributed by atoms with Crippen LogP contribution in [0, 0.1) is 40.4 Å². The van der Waals surface area contributed by atoms with Gasteiger partial charge in [0.15, 0.2) is 5.60 Å². The molecule has 5 rings (SSSR count). The summed E-state index contributed by atoms with van der Waals surface area (Å²) in [6.07, 6.45) is 23.2. The lowest BCUT2D eigenvalue weighted by atomic mass is 9.49. The lowest BCUT2D eigenvalue weighted by Gasteiger charge is -2.56. The summed E-state index contributed by atoms with van der Waals surface area (Å²) in [6.45, 7) is 19.0. The number of fused-ring (bicyclic) bond motifs is 4. The third kappa shape index (κ3) is 7.43. The number of aliphatic hydroxyl groups is 1. The highest BCUT2D eigenvalue weighted by atomic mass is 16.6. The minimum Gasteiger partial charge on any atom is -0.511 e. The van der Waals surface area contributed by atoms with Crippen LogP contribution in [0.15, 0.2) is 57.9 Å². The van der Waals surface area contributed by atoms with E-state index in [0.717, 1.165) is 61.7 Å². The summed E-state index contributed by atoms with van der Waals surface area (Å²) in [4.78, 5) is 42.5. The van der Waals surface area contributed by atoms with Gasteiger partial charge < -0.3 is 14.6 Å². The zero-order valence-corrected chi connectivity index (χ0v) is 33.9. The van der Waals surface area contributed by atoms with E-state index >= 15 is 0 Å². The fourth-order valence-corrected chi connectivity index (χ4v) is 11.2. The van der Waals surface area contributed by atoms with Gasteiger partial charge in [-0.05, 0) is 84.5 Å². The zero-order chi connectivity index (χ0) is 38.0. The van der Waals surface area contributed by atoms with E-state index in [4.69, 9.17) is 9.47 Å². The highest BCUT2D eigenvalue weighted by Gasteiger charge is 2.66. The van der Waals surface area contributed by atoms with Crippen molar-refractivity contribution in [1.29, 1.82) is 0 Å². The number of unbranched alkanes of at least 4 members (excludes halogenated alkanes) is 8. The number of esters is 2.